The molecule has 0 fully saturated rings. The molecule has 1 aromatic heterocycles. The van der Waals surface area contributed by atoms with Crippen molar-refractivity contribution in [2.75, 3.05) is 6.61 Å². The van der Waals surface area contributed by atoms with Crippen LogP contribution in [-0.2, 0) is 6.42 Å². The zero-order valence-electron chi connectivity index (χ0n) is 18.9. The third-order valence-corrected chi connectivity index (χ3v) is 5.40. The van der Waals surface area contributed by atoms with Crippen molar-refractivity contribution in [3.05, 3.63) is 42.2 Å². The number of rotatable bonds is 16. The number of unbranched alkanes of at least 4 members (excludes halogenated alkanes) is 8. The number of benzene rings is 1. The lowest BCUT2D eigenvalue weighted by molar-refractivity contribution is 0.304. The van der Waals surface area contributed by atoms with Gasteiger partial charge in [0.1, 0.15) is 5.75 Å². The summed E-state index contributed by atoms with van der Waals surface area (Å²) in [6.45, 7) is 4.66. The number of nitrogens with zero attached hydrogens (tertiary/aromatic N) is 2. The molecule has 30 heavy (non-hydrogen) atoms. The average Bonchev–Trinajstić information content (AvgIpc) is 2.76. The molecule has 4 heteroatoms. The lowest BCUT2D eigenvalue weighted by atomic mass is 10.1. The minimum absolute atomic E-state index is 0.661. The smallest absolute Gasteiger partial charge is 0.159 e. The molecule has 0 bridgehead atoms. The standard InChI is InChI=1S/C26H39FN2O/c1-3-4-5-6-7-8-12-19-30-25-17-15-24(16-18-25)26-28-20-23(21-29-26)14-11-9-10-13-22(2)27/h15-18,20-22H,3-14,19H2,1-2H3. The monoisotopic (exact) mass is 414 g/mol. The number of halogens is 1. The molecular formula is C26H39FN2O. The van der Waals surface area contributed by atoms with Crippen molar-refractivity contribution in [2.45, 2.75) is 97.1 Å². The molecule has 0 saturated carbocycles. The maximum Gasteiger partial charge on any atom is 0.159 e. The third kappa shape index (κ3) is 10.2. The highest BCUT2D eigenvalue weighted by Crippen LogP contribution is 2.20. The van der Waals surface area contributed by atoms with Gasteiger partial charge in [-0.2, -0.15) is 0 Å². The highest BCUT2D eigenvalue weighted by atomic mass is 19.1. The fraction of sp³-hybridized carbons (Fsp3) is 0.615. The zero-order valence-corrected chi connectivity index (χ0v) is 18.9. The Morgan fingerprint density at radius 1 is 0.833 bits per heavy atom. The van der Waals surface area contributed by atoms with E-state index in [0.717, 1.165) is 61.4 Å². The van der Waals surface area contributed by atoms with Crippen LogP contribution in [0.2, 0.25) is 0 Å². The summed E-state index contributed by atoms with van der Waals surface area (Å²) in [5.74, 6) is 1.65. The number of aryl methyl sites for hydroxylation is 1. The van der Waals surface area contributed by atoms with Crippen LogP contribution in [-0.4, -0.2) is 22.7 Å². The van der Waals surface area contributed by atoms with Crippen LogP contribution in [0.3, 0.4) is 0 Å². The van der Waals surface area contributed by atoms with Crippen molar-refractivity contribution in [2.24, 2.45) is 0 Å². The summed E-state index contributed by atoms with van der Waals surface area (Å²) in [6, 6.07) is 8.04. The first kappa shape index (κ1) is 24.3. The summed E-state index contributed by atoms with van der Waals surface area (Å²) in [7, 11) is 0. The molecule has 0 N–H and O–H groups in total. The number of hydrogen-bond donors (Lipinski definition) is 0. The van der Waals surface area contributed by atoms with Gasteiger partial charge in [0.05, 0.1) is 12.8 Å². The Kier molecular flexibility index (Phi) is 12.1. The van der Waals surface area contributed by atoms with Crippen LogP contribution in [0.1, 0.15) is 90.0 Å². The molecule has 2 aromatic rings. The van der Waals surface area contributed by atoms with Gasteiger partial charge >= 0.3 is 0 Å². The summed E-state index contributed by atoms with van der Waals surface area (Å²) >= 11 is 0. The Morgan fingerprint density at radius 3 is 2.13 bits per heavy atom. The molecular weight excluding hydrogens is 375 g/mol. The van der Waals surface area contributed by atoms with Gasteiger partial charge in [0.2, 0.25) is 0 Å². The number of ether oxygens (including phenoxy) is 1. The second-order valence-corrected chi connectivity index (χ2v) is 8.29. The summed E-state index contributed by atoms with van der Waals surface area (Å²) in [6.07, 6.45) is 16.8. The van der Waals surface area contributed by atoms with Crippen LogP contribution in [0.25, 0.3) is 11.4 Å². The third-order valence-electron chi connectivity index (χ3n) is 5.40. The van der Waals surface area contributed by atoms with E-state index < -0.39 is 6.17 Å². The molecule has 1 atom stereocenters. The molecule has 1 unspecified atom stereocenters. The normalized spacial score (nSPS) is 12.1. The largest absolute Gasteiger partial charge is 0.494 e. The van der Waals surface area contributed by atoms with Crippen molar-refractivity contribution in [1.82, 2.24) is 9.97 Å². The van der Waals surface area contributed by atoms with Gasteiger partial charge in [0.15, 0.2) is 5.82 Å². The Labute approximate surface area is 182 Å². The van der Waals surface area contributed by atoms with Gasteiger partial charge in [-0.1, -0.05) is 58.3 Å². The van der Waals surface area contributed by atoms with Crippen molar-refractivity contribution < 1.29 is 9.13 Å². The molecule has 0 radical (unpaired) electrons. The van der Waals surface area contributed by atoms with Crippen molar-refractivity contribution in [1.29, 1.82) is 0 Å². The summed E-state index contributed by atoms with van der Waals surface area (Å²) in [4.78, 5) is 9.02. The maximum absolute atomic E-state index is 12.8. The first-order valence-corrected chi connectivity index (χ1v) is 11.9. The van der Waals surface area contributed by atoms with Crippen LogP contribution in [0.15, 0.2) is 36.7 Å². The van der Waals surface area contributed by atoms with Crippen molar-refractivity contribution in [3.8, 4) is 17.1 Å². The van der Waals surface area contributed by atoms with E-state index in [0.29, 0.717) is 6.42 Å². The first-order chi connectivity index (χ1) is 14.7. The highest BCUT2D eigenvalue weighted by molar-refractivity contribution is 5.55. The van der Waals surface area contributed by atoms with E-state index in [1.807, 2.05) is 36.7 Å². The van der Waals surface area contributed by atoms with Gasteiger partial charge in [-0.15, -0.1) is 0 Å². The molecule has 0 spiro atoms. The Bertz CT molecular complexity index is 670. The maximum atomic E-state index is 12.8. The van der Waals surface area contributed by atoms with E-state index in [9.17, 15) is 4.39 Å². The van der Waals surface area contributed by atoms with Gasteiger partial charge < -0.3 is 4.74 Å². The molecule has 0 aliphatic heterocycles. The molecule has 1 aromatic carbocycles. The van der Waals surface area contributed by atoms with Crippen LogP contribution < -0.4 is 4.74 Å². The lowest BCUT2D eigenvalue weighted by Crippen LogP contribution is -1.98. The molecule has 2 rings (SSSR count). The van der Waals surface area contributed by atoms with E-state index in [1.165, 1.54) is 38.5 Å². The van der Waals surface area contributed by atoms with Crippen LogP contribution >= 0.6 is 0 Å². The van der Waals surface area contributed by atoms with Crippen molar-refractivity contribution in [3.63, 3.8) is 0 Å². The Balaban J connectivity index is 1.66. The van der Waals surface area contributed by atoms with Gasteiger partial charge in [-0.25, -0.2) is 14.4 Å². The first-order valence-electron chi connectivity index (χ1n) is 11.9. The van der Waals surface area contributed by atoms with Gasteiger partial charge in [0, 0.05) is 18.0 Å². The Hall–Kier alpha value is -1.97. The molecule has 1 heterocycles. The van der Waals surface area contributed by atoms with E-state index in [1.54, 1.807) is 6.92 Å². The van der Waals surface area contributed by atoms with Gasteiger partial charge in [-0.05, 0) is 62.4 Å². The van der Waals surface area contributed by atoms with E-state index in [2.05, 4.69) is 16.9 Å². The van der Waals surface area contributed by atoms with E-state index >= 15 is 0 Å². The minimum Gasteiger partial charge on any atom is -0.494 e. The van der Waals surface area contributed by atoms with Crippen LogP contribution in [0, 0.1) is 0 Å². The lowest BCUT2D eigenvalue weighted by Gasteiger charge is -2.07. The zero-order chi connectivity index (χ0) is 21.4. The predicted octanol–water partition coefficient (Wildman–Crippen LogP) is 7.73. The fourth-order valence-corrected chi connectivity index (χ4v) is 3.51. The summed E-state index contributed by atoms with van der Waals surface area (Å²) in [5, 5.41) is 0. The van der Waals surface area contributed by atoms with E-state index in [4.69, 9.17) is 4.74 Å². The SMILES string of the molecule is CCCCCCCCCOc1ccc(-c2ncc(CCCCCC(C)F)cn2)cc1. The van der Waals surface area contributed by atoms with Crippen molar-refractivity contribution >= 4 is 0 Å². The molecule has 3 nitrogen and oxygen atoms in total. The number of alkyl halides is 1. The predicted molar refractivity (Wildman–Crippen MR) is 124 cm³/mol. The Morgan fingerprint density at radius 2 is 1.47 bits per heavy atom. The quantitative estimate of drug-likeness (QED) is 0.264. The molecule has 0 aliphatic rings. The van der Waals surface area contributed by atoms with E-state index in [-0.39, 0.29) is 0 Å². The minimum atomic E-state index is -0.690. The van der Waals surface area contributed by atoms with Gasteiger partial charge in [-0.3, -0.25) is 0 Å². The van der Waals surface area contributed by atoms with Gasteiger partial charge in [0.25, 0.3) is 0 Å². The summed E-state index contributed by atoms with van der Waals surface area (Å²) < 4.78 is 18.7. The second-order valence-electron chi connectivity index (χ2n) is 8.29. The summed E-state index contributed by atoms with van der Waals surface area (Å²) in [5.41, 5.74) is 2.14. The van der Waals surface area contributed by atoms with Crippen LogP contribution in [0.4, 0.5) is 4.39 Å². The molecule has 0 saturated heterocycles. The fourth-order valence-electron chi connectivity index (χ4n) is 3.51. The number of hydrogen-bond acceptors (Lipinski definition) is 3. The highest BCUT2D eigenvalue weighted by Gasteiger charge is 2.04. The number of aromatic nitrogens is 2. The van der Waals surface area contributed by atoms with Crippen LogP contribution in [0.5, 0.6) is 5.75 Å². The average molecular weight is 415 g/mol. The molecule has 0 aliphatic carbocycles. The topological polar surface area (TPSA) is 35.0 Å². The second kappa shape index (κ2) is 14.9. The molecule has 166 valence electrons. The molecule has 0 amide bonds.